The van der Waals surface area contributed by atoms with Gasteiger partial charge in [-0.05, 0) is 36.8 Å². The van der Waals surface area contributed by atoms with Crippen LogP contribution < -0.4 is 5.73 Å². The first kappa shape index (κ1) is 11.5. The summed E-state index contributed by atoms with van der Waals surface area (Å²) < 4.78 is 1.82. The standard InChI is InChI=1S/C15H14N4/c1-11-7-8-12(16)9-14(11)15-10-17-18-19(15)13-5-3-2-4-6-13/h2-10H,16H2,1H3. The Balaban J connectivity index is 2.18. The maximum atomic E-state index is 5.87. The third kappa shape index (κ3) is 2.08. The van der Waals surface area contributed by atoms with Crippen LogP contribution in [0.5, 0.6) is 0 Å². The Morgan fingerprint density at radius 2 is 1.84 bits per heavy atom. The van der Waals surface area contributed by atoms with E-state index >= 15 is 0 Å². The van der Waals surface area contributed by atoms with Crippen molar-refractivity contribution in [1.82, 2.24) is 15.0 Å². The molecule has 0 spiro atoms. The lowest BCUT2D eigenvalue weighted by molar-refractivity contribution is 0.807. The highest BCUT2D eigenvalue weighted by Gasteiger charge is 2.10. The number of rotatable bonds is 2. The van der Waals surface area contributed by atoms with E-state index in [1.807, 2.05) is 53.2 Å². The number of hydrogen-bond acceptors (Lipinski definition) is 3. The van der Waals surface area contributed by atoms with Crippen molar-refractivity contribution < 1.29 is 0 Å². The number of benzene rings is 2. The molecule has 0 aliphatic heterocycles. The van der Waals surface area contributed by atoms with Crippen LogP contribution in [0.15, 0.2) is 54.7 Å². The largest absolute Gasteiger partial charge is 0.399 e. The fraction of sp³-hybridized carbons (Fsp3) is 0.0667. The van der Waals surface area contributed by atoms with E-state index in [0.717, 1.165) is 28.2 Å². The number of anilines is 1. The Kier molecular flexibility index (Phi) is 2.76. The second kappa shape index (κ2) is 4.57. The summed E-state index contributed by atoms with van der Waals surface area (Å²) in [6.45, 7) is 2.05. The summed E-state index contributed by atoms with van der Waals surface area (Å²) in [7, 11) is 0. The first-order chi connectivity index (χ1) is 9.25. The van der Waals surface area contributed by atoms with Crippen molar-refractivity contribution in [3.63, 3.8) is 0 Å². The molecule has 0 saturated heterocycles. The maximum absolute atomic E-state index is 5.87. The van der Waals surface area contributed by atoms with E-state index in [-0.39, 0.29) is 0 Å². The number of nitrogens with zero attached hydrogens (tertiary/aromatic N) is 3. The Morgan fingerprint density at radius 3 is 2.63 bits per heavy atom. The van der Waals surface area contributed by atoms with Crippen molar-refractivity contribution in [2.75, 3.05) is 5.73 Å². The van der Waals surface area contributed by atoms with E-state index in [0.29, 0.717) is 0 Å². The summed E-state index contributed by atoms with van der Waals surface area (Å²) in [6.07, 6.45) is 1.76. The van der Waals surface area contributed by atoms with E-state index in [4.69, 9.17) is 5.73 Å². The molecule has 0 radical (unpaired) electrons. The lowest BCUT2D eigenvalue weighted by Gasteiger charge is -2.09. The normalized spacial score (nSPS) is 10.6. The summed E-state index contributed by atoms with van der Waals surface area (Å²) in [6, 6.07) is 15.8. The third-order valence-electron chi connectivity index (χ3n) is 3.09. The molecule has 0 bridgehead atoms. The van der Waals surface area contributed by atoms with Gasteiger partial charge in [-0.2, -0.15) is 0 Å². The van der Waals surface area contributed by atoms with Gasteiger partial charge >= 0.3 is 0 Å². The summed E-state index contributed by atoms with van der Waals surface area (Å²) >= 11 is 0. The molecular weight excluding hydrogens is 236 g/mol. The van der Waals surface area contributed by atoms with E-state index < -0.39 is 0 Å². The minimum atomic E-state index is 0.737. The lowest BCUT2D eigenvalue weighted by Crippen LogP contribution is -2.00. The molecule has 4 nitrogen and oxygen atoms in total. The van der Waals surface area contributed by atoms with E-state index in [2.05, 4.69) is 17.2 Å². The average Bonchev–Trinajstić information content (AvgIpc) is 2.91. The highest BCUT2D eigenvalue weighted by molar-refractivity contribution is 5.68. The average molecular weight is 250 g/mol. The molecule has 19 heavy (non-hydrogen) atoms. The van der Waals surface area contributed by atoms with Crippen molar-refractivity contribution in [3.05, 3.63) is 60.3 Å². The number of hydrogen-bond donors (Lipinski definition) is 1. The fourth-order valence-electron chi connectivity index (χ4n) is 2.09. The molecule has 0 fully saturated rings. The molecule has 0 saturated carbocycles. The number of nitrogen functional groups attached to an aromatic ring is 1. The first-order valence-corrected chi connectivity index (χ1v) is 6.08. The number of aromatic nitrogens is 3. The lowest BCUT2D eigenvalue weighted by atomic mass is 10.1. The molecule has 3 aromatic rings. The molecule has 1 aromatic heterocycles. The van der Waals surface area contributed by atoms with Gasteiger partial charge in [-0.15, -0.1) is 5.10 Å². The first-order valence-electron chi connectivity index (χ1n) is 6.08. The zero-order valence-electron chi connectivity index (χ0n) is 10.6. The molecular formula is C15H14N4. The Bertz CT molecular complexity index is 701. The molecule has 2 aromatic carbocycles. The second-order valence-corrected chi connectivity index (χ2v) is 4.44. The van der Waals surface area contributed by atoms with Crippen LogP contribution in [0.2, 0.25) is 0 Å². The van der Waals surface area contributed by atoms with Gasteiger partial charge in [0.1, 0.15) is 0 Å². The summed E-state index contributed by atoms with van der Waals surface area (Å²) in [4.78, 5) is 0. The van der Waals surface area contributed by atoms with E-state index in [1.165, 1.54) is 0 Å². The predicted molar refractivity (Wildman–Crippen MR) is 75.9 cm³/mol. The van der Waals surface area contributed by atoms with Gasteiger partial charge in [0.05, 0.1) is 17.6 Å². The van der Waals surface area contributed by atoms with Crippen LogP contribution in [0, 0.1) is 6.92 Å². The molecule has 3 rings (SSSR count). The monoisotopic (exact) mass is 250 g/mol. The highest BCUT2D eigenvalue weighted by Crippen LogP contribution is 2.26. The fourth-order valence-corrected chi connectivity index (χ4v) is 2.09. The van der Waals surface area contributed by atoms with Crippen molar-refractivity contribution in [2.45, 2.75) is 6.92 Å². The molecule has 0 unspecified atom stereocenters. The Morgan fingerprint density at radius 1 is 1.05 bits per heavy atom. The predicted octanol–water partition coefficient (Wildman–Crippen LogP) is 2.82. The van der Waals surface area contributed by atoms with Crippen molar-refractivity contribution in [1.29, 1.82) is 0 Å². The third-order valence-corrected chi connectivity index (χ3v) is 3.09. The second-order valence-electron chi connectivity index (χ2n) is 4.44. The zero-order valence-corrected chi connectivity index (χ0v) is 10.6. The minimum Gasteiger partial charge on any atom is -0.399 e. The Hall–Kier alpha value is -2.62. The van der Waals surface area contributed by atoms with Gasteiger partial charge in [-0.25, -0.2) is 4.68 Å². The topological polar surface area (TPSA) is 56.7 Å². The van der Waals surface area contributed by atoms with Gasteiger partial charge < -0.3 is 5.73 Å². The van der Waals surface area contributed by atoms with Crippen LogP contribution in [-0.2, 0) is 0 Å². The summed E-state index contributed by atoms with van der Waals surface area (Å²) in [5.41, 5.74) is 10.7. The molecule has 1 heterocycles. The molecule has 0 aliphatic rings. The molecule has 94 valence electrons. The van der Waals surface area contributed by atoms with Crippen LogP contribution in [0.3, 0.4) is 0 Å². The van der Waals surface area contributed by atoms with E-state index in [9.17, 15) is 0 Å². The van der Waals surface area contributed by atoms with Crippen LogP contribution in [-0.4, -0.2) is 15.0 Å². The smallest absolute Gasteiger partial charge is 0.0947 e. The summed E-state index contributed by atoms with van der Waals surface area (Å²) in [5, 5.41) is 8.18. The van der Waals surface area contributed by atoms with Crippen LogP contribution in [0.1, 0.15) is 5.56 Å². The van der Waals surface area contributed by atoms with Crippen molar-refractivity contribution in [3.8, 4) is 16.9 Å². The Labute approximate surface area is 111 Å². The number of para-hydroxylation sites is 1. The van der Waals surface area contributed by atoms with Gasteiger partial charge in [-0.3, -0.25) is 0 Å². The van der Waals surface area contributed by atoms with Crippen LogP contribution in [0.4, 0.5) is 5.69 Å². The number of nitrogens with two attached hydrogens (primary N) is 1. The molecule has 4 heteroatoms. The van der Waals surface area contributed by atoms with Crippen LogP contribution >= 0.6 is 0 Å². The molecule has 0 atom stereocenters. The quantitative estimate of drug-likeness (QED) is 0.711. The van der Waals surface area contributed by atoms with Crippen molar-refractivity contribution in [2.24, 2.45) is 0 Å². The van der Waals surface area contributed by atoms with Crippen molar-refractivity contribution >= 4 is 5.69 Å². The van der Waals surface area contributed by atoms with Gasteiger partial charge in [0.15, 0.2) is 0 Å². The van der Waals surface area contributed by atoms with Crippen LogP contribution in [0.25, 0.3) is 16.9 Å². The maximum Gasteiger partial charge on any atom is 0.0947 e. The molecule has 0 amide bonds. The van der Waals surface area contributed by atoms with Gasteiger partial charge in [-0.1, -0.05) is 29.5 Å². The zero-order chi connectivity index (χ0) is 13.2. The highest BCUT2D eigenvalue weighted by atomic mass is 15.4. The van der Waals surface area contributed by atoms with E-state index in [1.54, 1.807) is 6.20 Å². The molecule has 2 N–H and O–H groups in total. The van der Waals surface area contributed by atoms with Gasteiger partial charge in [0.25, 0.3) is 0 Å². The minimum absolute atomic E-state index is 0.737. The van der Waals surface area contributed by atoms with Gasteiger partial charge in [0, 0.05) is 11.3 Å². The summed E-state index contributed by atoms with van der Waals surface area (Å²) in [5.74, 6) is 0. The SMILES string of the molecule is Cc1ccc(N)cc1-c1cnnn1-c1ccccc1. The number of aryl methyl sites for hydroxylation is 1. The van der Waals surface area contributed by atoms with Gasteiger partial charge in [0.2, 0.25) is 0 Å². The molecule has 0 aliphatic carbocycles.